The number of anilines is 1. The summed E-state index contributed by atoms with van der Waals surface area (Å²) in [5, 5.41) is 11.7. The van der Waals surface area contributed by atoms with Crippen molar-refractivity contribution < 1.29 is 19.1 Å². The van der Waals surface area contributed by atoms with Crippen LogP contribution in [0.15, 0.2) is 41.7 Å². The molecular formula is C20H19Cl2N5O4S. The molecule has 0 aliphatic heterocycles. The Balaban J connectivity index is 1.61. The second-order valence-electron chi connectivity index (χ2n) is 6.43. The zero-order valence-corrected chi connectivity index (χ0v) is 19.7. The number of esters is 1. The third kappa shape index (κ3) is 5.70. The lowest BCUT2D eigenvalue weighted by atomic mass is 10.3. The number of nitrogens with one attached hydrogen (secondary N) is 1. The third-order valence-electron chi connectivity index (χ3n) is 4.17. The molecule has 1 amide bonds. The Hall–Kier alpha value is -2.82. The van der Waals surface area contributed by atoms with Gasteiger partial charge < -0.3 is 14.8 Å². The van der Waals surface area contributed by atoms with Crippen LogP contribution in [0.2, 0.25) is 10.0 Å². The summed E-state index contributed by atoms with van der Waals surface area (Å²) < 4.78 is 12.4. The van der Waals surface area contributed by atoms with Crippen molar-refractivity contribution in [2.75, 3.05) is 18.2 Å². The van der Waals surface area contributed by atoms with Gasteiger partial charge in [-0.25, -0.2) is 4.98 Å². The predicted octanol–water partition coefficient (Wildman–Crippen LogP) is 3.95. The first-order chi connectivity index (χ1) is 15.3. The van der Waals surface area contributed by atoms with Crippen LogP contribution in [0.3, 0.4) is 0 Å². The average Bonchev–Trinajstić information content (AvgIpc) is 3.14. The Morgan fingerprint density at radius 2 is 2.00 bits per heavy atom. The largest absolute Gasteiger partial charge is 0.495 e. The van der Waals surface area contributed by atoms with E-state index in [2.05, 4.69) is 20.5 Å². The molecule has 12 heteroatoms. The molecular weight excluding hydrogens is 477 g/mol. The standard InChI is InChI=1S/C20H19Cl2N5O4S/c1-11(19(29)24-18-14(22)8-13(21)9-23-18)31-17(28)10-32-20-26-25-12(2)27(20)15-6-4-5-7-16(15)30-3/h4-9,11H,10H2,1-3H3,(H,23,24,29)/t11-/m0/s1. The van der Waals surface area contributed by atoms with Gasteiger partial charge in [0.2, 0.25) is 0 Å². The van der Waals surface area contributed by atoms with E-state index in [9.17, 15) is 9.59 Å². The van der Waals surface area contributed by atoms with Gasteiger partial charge in [0.25, 0.3) is 5.91 Å². The molecule has 2 heterocycles. The number of amides is 1. The number of carbonyl (C=O) groups excluding carboxylic acids is 2. The fourth-order valence-corrected chi connectivity index (χ4v) is 3.86. The van der Waals surface area contributed by atoms with Gasteiger partial charge in [0, 0.05) is 6.20 Å². The lowest BCUT2D eigenvalue weighted by Gasteiger charge is -2.14. The van der Waals surface area contributed by atoms with Crippen molar-refractivity contribution in [3.8, 4) is 11.4 Å². The monoisotopic (exact) mass is 495 g/mol. The molecule has 3 aromatic rings. The van der Waals surface area contributed by atoms with Gasteiger partial charge in [-0.1, -0.05) is 47.1 Å². The number of thioether (sulfide) groups is 1. The van der Waals surface area contributed by atoms with Crippen LogP contribution in [0.1, 0.15) is 12.7 Å². The first-order valence-electron chi connectivity index (χ1n) is 9.29. The number of pyridine rings is 1. The Morgan fingerprint density at radius 1 is 1.25 bits per heavy atom. The predicted molar refractivity (Wildman–Crippen MR) is 122 cm³/mol. The van der Waals surface area contributed by atoms with Crippen molar-refractivity contribution in [3.05, 3.63) is 52.4 Å². The lowest BCUT2D eigenvalue weighted by molar-refractivity contribution is -0.150. The van der Waals surface area contributed by atoms with E-state index in [1.807, 2.05) is 24.3 Å². The van der Waals surface area contributed by atoms with Crippen LogP contribution in [0.4, 0.5) is 5.82 Å². The second kappa shape index (κ2) is 10.7. The molecule has 2 aromatic heterocycles. The molecule has 1 aromatic carbocycles. The van der Waals surface area contributed by atoms with Crippen molar-refractivity contribution in [1.29, 1.82) is 0 Å². The number of benzene rings is 1. The highest BCUT2D eigenvalue weighted by atomic mass is 35.5. The highest BCUT2D eigenvalue weighted by molar-refractivity contribution is 7.99. The molecule has 0 bridgehead atoms. The van der Waals surface area contributed by atoms with E-state index in [-0.39, 0.29) is 16.6 Å². The number of ether oxygens (including phenoxy) is 2. The number of hydrogen-bond donors (Lipinski definition) is 1. The Kier molecular flexibility index (Phi) is 7.94. The van der Waals surface area contributed by atoms with Crippen LogP contribution >= 0.6 is 35.0 Å². The number of methoxy groups -OCH3 is 1. The lowest BCUT2D eigenvalue weighted by Crippen LogP contribution is -2.31. The summed E-state index contributed by atoms with van der Waals surface area (Å²) in [6, 6.07) is 8.84. The van der Waals surface area contributed by atoms with Crippen LogP contribution in [-0.4, -0.2) is 50.6 Å². The van der Waals surface area contributed by atoms with Crippen LogP contribution in [-0.2, 0) is 14.3 Å². The fourth-order valence-electron chi connectivity index (χ4n) is 2.66. The van der Waals surface area contributed by atoms with Gasteiger partial charge in [0.1, 0.15) is 11.6 Å². The summed E-state index contributed by atoms with van der Waals surface area (Å²) in [5.41, 5.74) is 0.744. The maximum Gasteiger partial charge on any atom is 0.317 e. The van der Waals surface area contributed by atoms with E-state index in [0.29, 0.717) is 21.8 Å². The van der Waals surface area contributed by atoms with Crippen molar-refractivity contribution in [2.45, 2.75) is 25.1 Å². The van der Waals surface area contributed by atoms with Gasteiger partial charge in [-0.05, 0) is 32.0 Å². The summed E-state index contributed by atoms with van der Waals surface area (Å²) in [6.45, 7) is 3.24. The molecule has 32 heavy (non-hydrogen) atoms. The normalized spacial score (nSPS) is 11.7. The Bertz CT molecular complexity index is 1140. The number of carbonyl (C=O) groups is 2. The fraction of sp³-hybridized carbons (Fsp3) is 0.250. The number of nitrogens with zero attached hydrogens (tertiary/aromatic N) is 4. The van der Waals surface area contributed by atoms with E-state index in [1.165, 1.54) is 19.2 Å². The molecule has 9 nitrogen and oxygen atoms in total. The van der Waals surface area contributed by atoms with Crippen LogP contribution < -0.4 is 10.1 Å². The Labute approximate surface area is 198 Å². The molecule has 0 spiro atoms. The molecule has 0 unspecified atom stereocenters. The quantitative estimate of drug-likeness (QED) is 0.369. The number of aryl methyl sites for hydroxylation is 1. The van der Waals surface area contributed by atoms with E-state index < -0.39 is 18.0 Å². The van der Waals surface area contributed by atoms with Crippen molar-refractivity contribution in [1.82, 2.24) is 19.7 Å². The summed E-state index contributed by atoms with van der Waals surface area (Å²) in [4.78, 5) is 28.6. The minimum absolute atomic E-state index is 0.0785. The maximum absolute atomic E-state index is 12.3. The molecule has 0 aliphatic rings. The summed E-state index contributed by atoms with van der Waals surface area (Å²) >= 11 is 12.9. The highest BCUT2D eigenvalue weighted by Gasteiger charge is 2.21. The van der Waals surface area contributed by atoms with Crippen molar-refractivity contribution in [2.24, 2.45) is 0 Å². The van der Waals surface area contributed by atoms with Crippen LogP contribution in [0.5, 0.6) is 5.75 Å². The molecule has 168 valence electrons. The first kappa shape index (κ1) is 23.8. The second-order valence-corrected chi connectivity index (χ2v) is 8.22. The zero-order chi connectivity index (χ0) is 23.3. The number of hydrogen-bond acceptors (Lipinski definition) is 8. The number of aromatic nitrogens is 4. The Morgan fingerprint density at radius 3 is 2.72 bits per heavy atom. The maximum atomic E-state index is 12.3. The van der Waals surface area contributed by atoms with E-state index in [4.69, 9.17) is 32.7 Å². The van der Waals surface area contributed by atoms with Gasteiger partial charge in [-0.2, -0.15) is 0 Å². The molecule has 0 fully saturated rings. The SMILES string of the molecule is COc1ccccc1-n1c(C)nnc1SCC(=O)O[C@@H](C)C(=O)Nc1ncc(Cl)cc1Cl. The number of halogens is 2. The molecule has 0 saturated heterocycles. The first-order valence-corrected chi connectivity index (χ1v) is 11.0. The summed E-state index contributed by atoms with van der Waals surface area (Å²) in [7, 11) is 1.57. The van der Waals surface area contributed by atoms with E-state index in [0.717, 1.165) is 17.4 Å². The average molecular weight is 496 g/mol. The number of rotatable bonds is 8. The minimum Gasteiger partial charge on any atom is -0.495 e. The third-order valence-corrected chi connectivity index (χ3v) is 5.56. The van der Waals surface area contributed by atoms with Gasteiger partial charge >= 0.3 is 5.97 Å². The van der Waals surface area contributed by atoms with E-state index in [1.54, 1.807) is 18.6 Å². The van der Waals surface area contributed by atoms with Crippen molar-refractivity contribution in [3.63, 3.8) is 0 Å². The molecule has 3 rings (SSSR count). The molecule has 1 N–H and O–H groups in total. The summed E-state index contributed by atoms with van der Waals surface area (Å²) in [6.07, 6.45) is 0.279. The zero-order valence-electron chi connectivity index (χ0n) is 17.3. The molecule has 0 saturated carbocycles. The molecule has 0 radical (unpaired) electrons. The molecule has 0 aliphatic carbocycles. The van der Waals surface area contributed by atoms with Crippen LogP contribution in [0.25, 0.3) is 5.69 Å². The number of para-hydroxylation sites is 2. The van der Waals surface area contributed by atoms with Gasteiger partial charge in [0.15, 0.2) is 17.1 Å². The minimum atomic E-state index is -1.06. The topological polar surface area (TPSA) is 108 Å². The van der Waals surface area contributed by atoms with Gasteiger partial charge in [0.05, 0.1) is 28.6 Å². The van der Waals surface area contributed by atoms with Crippen LogP contribution in [0, 0.1) is 6.92 Å². The smallest absolute Gasteiger partial charge is 0.317 e. The highest BCUT2D eigenvalue weighted by Crippen LogP contribution is 2.28. The van der Waals surface area contributed by atoms with Gasteiger partial charge in [-0.15, -0.1) is 10.2 Å². The van der Waals surface area contributed by atoms with Gasteiger partial charge in [-0.3, -0.25) is 14.2 Å². The summed E-state index contributed by atoms with van der Waals surface area (Å²) in [5.74, 6) is 0.141. The molecule has 1 atom stereocenters. The van der Waals surface area contributed by atoms with Crippen molar-refractivity contribution >= 4 is 52.7 Å². The van der Waals surface area contributed by atoms with E-state index >= 15 is 0 Å².